The smallest absolute Gasteiger partial charge is 0.150 e. The lowest BCUT2D eigenvalue weighted by Gasteiger charge is -2.12. The number of hydrogen-bond acceptors (Lipinski definition) is 5. The van der Waals surface area contributed by atoms with Gasteiger partial charge in [0.15, 0.2) is 0 Å². The fraction of sp³-hybridized carbons (Fsp3) is 0.125. The number of nitrogens with zero attached hydrogens (tertiary/aromatic N) is 1. The zero-order valence-electron chi connectivity index (χ0n) is 8.17. The van der Waals surface area contributed by atoms with Gasteiger partial charge < -0.3 is 27.8 Å². The van der Waals surface area contributed by atoms with E-state index in [0.29, 0.717) is 5.82 Å². The molecule has 8 N–H and O–H groups in total. The standard InChI is InChI=1S/C8H16N6/c1-4-13-7(11)6(10)8(12-3)14-5(2)9/h4,12,14H,1-2,9-10H2,3H3,(H2,11,13). The molecule has 0 fully saturated rings. The number of amidine groups is 1. The molecule has 0 radical (unpaired) electrons. The summed E-state index contributed by atoms with van der Waals surface area (Å²) in [7, 11) is 1.67. The molecule has 0 unspecified atom stereocenters. The van der Waals surface area contributed by atoms with Gasteiger partial charge in [-0.05, 0) is 0 Å². The van der Waals surface area contributed by atoms with Crippen LogP contribution < -0.4 is 27.8 Å². The lowest BCUT2D eigenvalue weighted by Crippen LogP contribution is -2.34. The topological polar surface area (TPSA) is 114 Å². The van der Waals surface area contributed by atoms with E-state index >= 15 is 0 Å². The largest absolute Gasteiger partial charge is 0.393 e. The molecule has 0 saturated heterocycles. The molecule has 0 rings (SSSR count). The van der Waals surface area contributed by atoms with Gasteiger partial charge in [-0.1, -0.05) is 13.2 Å². The van der Waals surface area contributed by atoms with E-state index in [1.165, 1.54) is 6.20 Å². The zero-order valence-corrected chi connectivity index (χ0v) is 8.17. The number of nitrogens with two attached hydrogens (primary N) is 3. The van der Waals surface area contributed by atoms with Gasteiger partial charge in [-0.15, -0.1) is 0 Å². The number of hydrogen-bond donors (Lipinski definition) is 5. The summed E-state index contributed by atoms with van der Waals surface area (Å²) in [5, 5.41) is 5.48. The normalized spacial score (nSPS) is 12.8. The summed E-state index contributed by atoms with van der Waals surface area (Å²) in [4.78, 5) is 3.73. The van der Waals surface area contributed by atoms with E-state index in [1.807, 2.05) is 0 Å². The molecule has 6 nitrogen and oxygen atoms in total. The molecule has 0 aliphatic rings. The first-order valence-electron chi connectivity index (χ1n) is 3.86. The lowest BCUT2D eigenvalue weighted by atomic mass is 10.4. The van der Waals surface area contributed by atoms with Crippen molar-refractivity contribution in [2.45, 2.75) is 0 Å². The van der Waals surface area contributed by atoms with Gasteiger partial charge in [-0.25, -0.2) is 4.99 Å². The average molecular weight is 196 g/mol. The van der Waals surface area contributed by atoms with Crippen LogP contribution in [0, 0.1) is 0 Å². The van der Waals surface area contributed by atoms with Crippen LogP contribution in [0.25, 0.3) is 0 Å². The van der Waals surface area contributed by atoms with Crippen LogP contribution in [0.4, 0.5) is 0 Å². The van der Waals surface area contributed by atoms with E-state index in [-0.39, 0.29) is 17.4 Å². The van der Waals surface area contributed by atoms with Crippen LogP contribution in [0.15, 0.2) is 41.7 Å². The van der Waals surface area contributed by atoms with Crippen LogP contribution in [-0.2, 0) is 0 Å². The van der Waals surface area contributed by atoms with Gasteiger partial charge in [-0.3, -0.25) is 0 Å². The predicted octanol–water partition coefficient (Wildman–Crippen LogP) is -1.15. The fourth-order valence-electron chi connectivity index (χ4n) is 0.721. The van der Waals surface area contributed by atoms with Gasteiger partial charge in [0.25, 0.3) is 0 Å². The highest BCUT2D eigenvalue weighted by Gasteiger charge is 2.04. The Morgan fingerprint density at radius 3 is 2.29 bits per heavy atom. The molecule has 0 aliphatic heterocycles. The van der Waals surface area contributed by atoms with Gasteiger partial charge in [0.1, 0.15) is 17.4 Å². The van der Waals surface area contributed by atoms with E-state index in [4.69, 9.17) is 17.2 Å². The molecule has 0 saturated carbocycles. The van der Waals surface area contributed by atoms with Crippen LogP contribution in [0.1, 0.15) is 0 Å². The second-order valence-electron chi connectivity index (χ2n) is 2.39. The maximum absolute atomic E-state index is 5.66. The van der Waals surface area contributed by atoms with Crippen LogP contribution in [0.2, 0.25) is 0 Å². The van der Waals surface area contributed by atoms with Crippen LogP contribution in [0.5, 0.6) is 0 Å². The molecule has 0 heterocycles. The van der Waals surface area contributed by atoms with E-state index in [2.05, 4.69) is 28.8 Å². The zero-order chi connectivity index (χ0) is 11.1. The van der Waals surface area contributed by atoms with Gasteiger partial charge in [0.2, 0.25) is 0 Å². The van der Waals surface area contributed by atoms with Crippen LogP contribution in [-0.4, -0.2) is 12.9 Å². The molecule has 0 aromatic carbocycles. The molecule has 78 valence electrons. The Morgan fingerprint density at radius 1 is 1.36 bits per heavy atom. The number of nitrogens with one attached hydrogen (secondary N) is 2. The molecular formula is C8H16N6. The van der Waals surface area contributed by atoms with E-state index < -0.39 is 0 Å². The fourth-order valence-corrected chi connectivity index (χ4v) is 0.721. The summed E-state index contributed by atoms with van der Waals surface area (Å²) in [6, 6.07) is 0. The van der Waals surface area contributed by atoms with Gasteiger partial charge in [0, 0.05) is 13.2 Å². The van der Waals surface area contributed by atoms with Gasteiger partial charge >= 0.3 is 0 Å². The van der Waals surface area contributed by atoms with E-state index in [9.17, 15) is 0 Å². The second kappa shape index (κ2) is 5.52. The number of rotatable bonds is 5. The molecule has 0 spiro atoms. The van der Waals surface area contributed by atoms with E-state index in [0.717, 1.165) is 0 Å². The minimum absolute atomic E-state index is 0.151. The minimum Gasteiger partial charge on any atom is -0.393 e. The predicted molar refractivity (Wildman–Crippen MR) is 58.6 cm³/mol. The molecule has 0 aromatic rings. The highest BCUT2D eigenvalue weighted by Crippen LogP contribution is 1.92. The first kappa shape index (κ1) is 11.9. The molecule has 0 atom stereocenters. The summed E-state index contributed by atoms with van der Waals surface area (Å²) in [6.45, 7) is 6.87. The molecule has 0 aromatic heterocycles. The van der Waals surface area contributed by atoms with Crippen molar-refractivity contribution in [1.29, 1.82) is 0 Å². The Bertz CT molecular complexity index is 288. The summed E-state index contributed by atoms with van der Waals surface area (Å²) in [6.07, 6.45) is 1.30. The Morgan fingerprint density at radius 2 is 1.93 bits per heavy atom. The number of aliphatic imine (C=N–C) groups is 1. The van der Waals surface area contributed by atoms with Crippen molar-refractivity contribution >= 4 is 5.84 Å². The van der Waals surface area contributed by atoms with Crippen LogP contribution >= 0.6 is 0 Å². The first-order chi connectivity index (χ1) is 6.52. The summed E-state index contributed by atoms with van der Waals surface area (Å²) in [5.41, 5.74) is 16.8. The third kappa shape index (κ3) is 3.53. The lowest BCUT2D eigenvalue weighted by molar-refractivity contribution is 0.812. The average Bonchev–Trinajstić information content (AvgIpc) is 2.13. The molecule has 0 aliphatic carbocycles. The summed E-state index contributed by atoms with van der Waals surface area (Å²) < 4.78 is 0. The molecule has 0 amide bonds. The SMILES string of the molecule is C=CN=C(N)C(N)=C(NC)NC(=C)N. The minimum atomic E-state index is 0.151. The Labute approximate surface area is 83.2 Å². The quantitative estimate of drug-likeness (QED) is 0.281. The highest BCUT2D eigenvalue weighted by molar-refractivity contribution is 5.96. The Balaban J connectivity index is 4.91. The van der Waals surface area contributed by atoms with Crippen molar-refractivity contribution in [2.24, 2.45) is 22.2 Å². The van der Waals surface area contributed by atoms with Crippen molar-refractivity contribution in [3.8, 4) is 0 Å². The second-order valence-corrected chi connectivity index (χ2v) is 2.39. The summed E-state index contributed by atoms with van der Waals surface area (Å²) in [5.74, 6) is 0.849. The van der Waals surface area contributed by atoms with Gasteiger partial charge in [-0.2, -0.15) is 0 Å². The van der Waals surface area contributed by atoms with Crippen molar-refractivity contribution < 1.29 is 0 Å². The molecule has 14 heavy (non-hydrogen) atoms. The summed E-state index contributed by atoms with van der Waals surface area (Å²) >= 11 is 0. The Hall–Kier alpha value is -2.11. The van der Waals surface area contributed by atoms with Crippen molar-refractivity contribution in [2.75, 3.05) is 7.05 Å². The van der Waals surface area contributed by atoms with Crippen molar-refractivity contribution in [3.05, 3.63) is 36.7 Å². The molecule has 0 bridgehead atoms. The Kier molecular flexibility index (Phi) is 4.69. The van der Waals surface area contributed by atoms with E-state index in [1.54, 1.807) is 7.05 Å². The maximum atomic E-state index is 5.66. The monoisotopic (exact) mass is 196 g/mol. The maximum Gasteiger partial charge on any atom is 0.150 e. The highest BCUT2D eigenvalue weighted by atomic mass is 15.1. The van der Waals surface area contributed by atoms with Gasteiger partial charge in [0.05, 0.1) is 5.82 Å². The van der Waals surface area contributed by atoms with Crippen molar-refractivity contribution in [1.82, 2.24) is 10.6 Å². The van der Waals surface area contributed by atoms with Crippen LogP contribution in [0.3, 0.4) is 0 Å². The molecular weight excluding hydrogens is 180 g/mol. The van der Waals surface area contributed by atoms with Crippen molar-refractivity contribution in [3.63, 3.8) is 0 Å². The first-order valence-corrected chi connectivity index (χ1v) is 3.86. The third-order valence-corrected chi connectivity index (χ3v) is 1.31. The molecule has 6 heteroatoms. The third-order valence-electron chi connectivity index (χ3n) is 1.31.